The van der Waals surface area contributed by atoms with Gasteiger partial charge in [-0.2, -0.15) is 16.8 Å². The van der Waals surface area contributed by atoms with Crippen LogP contribution in [0.5, 0.6) is 0 Å². The van der Waals surface area contributed by atoms with Gasteiger partial charge in [0.05, 0.1) is 11.5 Å². The molecule has 0 unspecified atom stereocenters. The molecule has 13 heavy (non-hydrogen) atoms. The molecule has 0 spiro atoms. The van der Waals surface area contributed by atoms with E-state index in [1.807, 2.05) is 0 Å². The van der Waals surface area contributed by atoms with E-state index >= 15 is 0 Å². The number of hydrogen-bond donors (Lipinski definition) is 0. The molecule has 1 saturated heterocycles. The Labute approximate surface area is 77.1 Å². The van der Waals surface area contributed by atoms with Crippen molar-refractivity contribution in [3.63, 3.8) is 0 Å². The Kier molecular flexibility index (Phi) is 3.28. The van der Waals surface area contributed by atoms with E-state index in [1.54, 1.807) is 0 Å². The predicted molar refractivity (Wildman–Crippen MR) is 43.8 cm³/mol. The number of hydrogen-bond acceptors (Lipinski definition) is 6. The average molecular weight is 230 g/mol. The van der Waals surface area contributed by atoms with E-state index in [-0.39, 0.29) is 24.3 Å². The summed E-state index contributed by atoms with van der Waals surface area (Å²) in [5, 5.41) is 0. The lowest BCUT2D eigenvalue weighted by Gasteiger charge is -2.01. The Bertz CT molecular complexity index is 316. The van der Waals surface area contributed by atoms with Crippen molar-refractivity contribution in [3.8, 4) is 0 Å². The Morgan fingerprint density at radius 2 is 1.15 bits per heavy atom. The second kappa shape index (κ2) is 3.91. The van der Waals surface area contributed by atoms with Crippen molar-refractivity contribution in [1.29, 1.82) is 0 Å². The third-order valence-corrected chi connectivity index (χ3v) is 3.98. The third kappa shape index (κ3) is 4.03. The summed E-state index contributed by atoms with van der Waals surface area (Å²) in [7, 11) is -7.21. The molecule has 1 rings (SSSR count). The van der Waals surface area contributed by atoms with Crippen LogP contribution in [0.25, 0.3) is 0 Å². The van der Waals surface area contributed by atoms with Crippen molar-refractivity contribution in [3.05, 3.63) is 0 Å². The van der Waals surface area contributed by atoms with Gasteiger partial charge in [0, 0.05) is 0 Å². The van der Waals surface area contributed by atoms with Crippen LogP contribution >= 0.6 is 0 Å². The molecule has 0 aromatic rings. The van der Waals surface area contributed by atoms with Gasteiger partial charge in [-0.15, -0.1) is 0 Å². The molecule has 0 saturated carbocycles. The Morgan fingerprint density at radius 3 is 1.54 bits per heavy atom. The van der Waals surface area contributed by atoms with E-state index in [0.29, 0.717) is 0 Å². The first kappa shape index (κ1) is 10.9. The van der Waals surface area contributed by atoms with Crippen LogP contribution in [0.15, 0.2) is 0 Å². The summed E-state index contributed by atoms with van der Waals surface area (Å²) >= 11 is 0. The van der Waals surface area contributed by atoms with E-state index in [1.165, 1.54) is 0 Å². The van der Waals surface area contributed by atoms with E-state index in [0.717, 1.165) is 0 Å². The highest BCUT2D eigenvalue weighted by Gasteiger charge is 2.19. The Hall–Kier alpha value is -0.180. The van der Waals surface area contributed by atoms with Crippen molar-refractivity contribution in [1.82, 2.24) is 0 Å². The smallest absolute Gasteiger partial charge is 0.240 e. The molecule has 1 fully saturated rings. The van der Waals surface area contributed by atoms with E-state index in [9.17, 15) is 16.8 Å². The van der Waals surface area contributed by atoms with Gasteiger partial charge in [-0.05, 0) is 12.8 Å². The molecule has 0 N–H and O–H groups in total. The molecule has 6 nitrogen and oxygen atoms in total. The fourth-order valence-electron chi connectivity index (χ4n) is 0.842. The molecule has 0 aliphatic carbocycles. The second-order valence-corrected chi connectivity index (χ2v) is 6.10. The van der Waals surface area contributed by atoms with Crippen LogP contribution in [0.2, 0.25) is 0 Å². The van der Waals surface area contributed by atoms with Crippen LogP contribution in [-0.2, 0) is 28.6 Å². The van der Waals surface area contributed by atoms with Crippen LogP contribution in [0.3, 0.4) is 0 Å². The first-order valence-corrected chi connectivity index (χ1v) is 6.81. The Balaban J connectivity index is 2.69. The van der Waals surface area contributed by atoms with Crippen molar-refractivity contribution >= 4 is 20.2 Å². The van der Waals surface area contributed by atoms with Crippen molar-refractivity contribution in [2.24, 2.45) is 0 Å². The SMILES string of the molecule is O=S1(=O)CCCCS(=O)(=O)OCO1. The first-order valence-electron chi connectivity index (χ1n) is 3.65. The monoisotopic (exact) mass is 230 g/mol. The molecule has 0 aromatic heterocycles. The summed E-state index contributed by atoms with van der Waals surface area (Å²) in [6, 6.07) is 0. The lowest BCUT2D eigenvalue weighted by Crippen LogP contribution is -2.14. The van der Waals surface area contributed by atoms with Gasteiger partial charge in [-0.1, -0.05) is 0 Å². The zero-order chi connectivity index (χ0) is 9.95. The fourth-order valence-corrected chi connectivity index (χ4v) is 2.64. The highest BCUT2D eigenvalue weighted by Crippen LogP contribution is 2.07. The molecule has 1 aliphatic rings. The maximum atomic E-state index is 10.9. The van der Waals surface area contributed by atoms with Gasteiger partial charge < -0.3 is 0 Å². The van der Waals surface area contributed by atoms with Crippen LogP contribution in [0.1, 0.15) is 12.8 Å². The normalized spacial score (nSPS) is 28.3. The molecule has 0 aromatic carbocycles. The quantitative estimate of drug-likeness (QED) is 0.518. The molecule has 78 valence electrons. The topological polar surface area (TPSA) is 86.7 Å². The van der Waals surface area contributed by atoms with Crippen LogP contribution in [0.4, 0.5) is 0 Å². The molecule has 1 aliphatic heterocycles. The van der Waals surface area contributed by atoms with Gasteiger partial charge in [-0.25, -0.2) is 8.37 Å². The summed E-state index contributed by atoms with van der Waals surface area (Å²) < 4.78 is 52.1. The van der Waals surface area contributed by atoms with Gasteiger partial charge in [-0.3, -0.25) is 0 Å². The number of rotatable bonds is 0. The Morgan fingerprint density at radius 1 is 0.769 bits per heavy atom. The van der Waals surface area contributed by atoms with Gasteiger partial charge in [0.15, 0.2) is 6.79 Å². The predicted octanol–water partition coefficient (Wildman–Crippen LogP) is -0.569. The van der Waals surface area contributed by atoms with Gasteiger partial charge in [0.1, 0.15) is 0 Å². The lowest BCUT2D eigenvalue weighted by molar-refractivity contribution is 0.133. The standard InChI is InChI=1S/C5H10O6S2/c6-12(7)3-1-2-4-13(8,9)11-5-10-12/h1-5H2. The molecule has 8 heteroatoms. The first-order chi connectivity index (χ1) is 5.91. The van der Waals surface area contributed by atoms with Crippen molar-refractivity contribution in [2.45, 2.75) is 12.8 Å². The summed E-state index contributed by atoms with van der Waals surface area (Å²) in [4.78, 5) is 0. The van der Waals surface area contributed by atoms with Gasteiger partial charge in [0.25, 0.3) is 20.2 Å². The van der Waals surface area contributed by atoms with Crippen molar-refractivity contribution in [2.75, 3.05) is 18.3 Å². The van der Waals surface area contributed by atoms with E-state index in [4.69, 9.17) is 0 Å². The van der Waals surface area contributed by atoms with Crippen LogP contribution in [0, 0.1) is 0 Å². The fraction of sp³-hybridized carbons (Fsp3) is 1.00. The maximum absolute atomic E-state index is 10.9. The highest BCUT2D eigenvalue weighted by molar-refractivity contribution is 7.87. The average Bonchev–Trinajstić information content (AvgIpc) is 2.01. The largest absolute Gasteiger partial charge is 0.269 e. The van der Waals surface area contributed by atoms with Gasteiger partial charge >= 0.3 is 0 Å². The minimum Gasteiger partial charge on any atom is -0.240 e. The summed E-state index contributed by atoms with van der Waals surface area (Å²) in [5.74, 6) is -0.322. The summed E-state index contributed by atoms with van der Waals surface area (Å²) in [5.41, 5.74) is 0. The summed E-state index contributed by atoms with van der Waals surface area (Å²) in [6.45, 7) is -0.745. The van der Waals surface area contributed by atoms with Crippen LogP contribution in [-0.4, -0.2) is 35.1 Å². The molecule has 0 radical (unpaired) electrons. The zero-order valence-corrected chi connectivity index (χ0v) is 8.43. The van der Waals surface area contributed by atoms with Crippen molar-refractivity contribution < 1.29 is 25.2 Å². The molecular formula is C5H10O6S2. The molecule has 0 amide bonds. The van der Waals surface area contributed by atoms with E-state index < -0.39 is 27.0 Å². The maximum Gasteiger partial charge on any atom is 0.269 e. The minimum atomic E-state index is -3.61. The van der Waals surface area contributed by atoms with E-state index in [2.05, 4.69) is 8.37 Å². The van der Waals surface area contributed by atoms with Crippen LogP contribution < -0.4 is 0 Å². The second-order valence-electron chi connectivity index (χ2n) is 2.58. The molecule has 0 atom stereocenters. The molecule has 1 heterocycles. The van der Waals surface area contributed by atoms with Gasteiger partial charge in [0.2, 0.25) is 0 Å². The highest BCUT2D eigenvalue weighted by atomic mass is 32.2. The summed E-state index contributed by atoms with van der Waals surface area (Å²) in [6.07, 6.45) is 0.538. The third-order valence-electron chi connectivity index (χ3n) is 1.49. The minimum absolute atomic E-state index is 0.161. The lowest BCUT2D eigenvalue weighted by atomic mass is 10.4. The zero-order valence-electron chi connectivity index (χ0n) is 6.80. The molecular weight excluding hydrogens is 220 g/mol. The molecule has 0 bridgehead atoms.